The fourth-order valence-electron chi connectivity index (χ4n) is 3.56. The molecule has 0 aromatic carbocycles. The minimum atomic E-state index is 0.243. The van der Waals surface area contributed by atoms with Crippen molar-refractivity contribution < 1.29 is 4.79 Å². The maximum atomic E-state index is 12.3. The molecule has 0 radical (unpaired) electrons. The van der Waals surface area contributed by atoms with Gasteiger partial charge in [0.15, 0.2) is 5.78 Å². The number of ketones is 1. The summed E-state index contributed by atoms with van der Waals surface area (Å²) in [5.74, 6) is 0.243. The minimum Gasteiger partial charge on any atom is -0.348 e. The second-order valence-corrected chi connectivity index (χ2v) is 6.00. The molecular formula is C15H23N3O. The van der Waals surface area contributed by atoms with Gasteiger partial charge in [-0.25, -0.2) is 0 Å². The highest BCUT2D eigenvalue weighted by Gasteiger charge is 2.35. The molecule has 2 fully saturated rings. The Morgan fingerprint density at radius 2 is 2.05 bits per heavy atom. The number of Topliss-reactive ketones (excluding diaryl/α,β-unsaturated/α-hetero) is 1. The molecular weight excluding hydrogens is 238 g/mol. The van der Waals surface area contributed by atoms with Gasteiger partial charge >= 0.3 is 0 Å². The van der Waals surface area contributed by atoms with Crippen molar-refractivity contribution in [2.75, 3.05) is 26.7 Å². The minimum absolute atomic E-state index is 0.243. The van der Waals surface area contributed by atoms with Gasteiger partial charge in [0, 0.05) is 38.4 Å². The molecule has 3 rings (SSSR count). The van der Waals surface area contributed by atoms with Crippen LogP contribution in [0.25, 0.3) is 0 Å². The molecule has 1 aromatic rings. The lowest BCUT2D eigenvalue weighted by Gasteiger charge is -2.25. The van der Waals surface area contributed by atoms with Crippen LogP contribution in [0.3, 0.4) is 0 Å². The van der Waals surface area contributed by atoms with Crippen molar-refractivity contribution in [3.63, 3.8) is 0 Å². The number of likely N-dealkylation sites (N-methyl/N-ethyl adjacent to an activating group) is 1. The molecule has 0 saturated carbocycles. The van der Waals surface area contributed by atoms with Crippen LogP contribution in [-0.4, -0.2) is 58.9 Å². The number of hydrogen-bond acceptors (Lipinski definition) is 3. The van der Waals surface area contributed by atoms with Crippen molar-refractivity contribution in [3.05, 3.63) is 24.0 Å². The van der Waals surface area contributed by atoms with Gasteiger partial charge in [0.2, 0.25) is 0 Å². The summed E-state index contributed by atoms with van der Waals surface area (Å²) < 4.78 is 1.92. The molecule has 2 aliphatic rings. The summed E-state index contributed by atoms with van der Waals surface area (Å²) in [5.41, 5.74) is 0.822. The van der Waals surface area contributed by atoms with Crippen molar-refractivity contribution in [2.45, 2.75) is 31.3 Å². The fraction of sp³-hybridized carbons (Fsp3) is 0.667. The molecule has 3 heterocycles. The molecule has 104 valence electrons. The molecule has 2 bridgehead atoms. The average molecular weight is 261 g/mol. The highest BCUT2D eigenvalue weighted by Crippen LogP contribution is 2.28. The number of aryl methyl sites for hydroxylation is 1. The summed E-state index contributed by atoms with van der Waals surface area (Å²) in [6.07, 6.45) is 5.76. The Hall–Kier alpha value is -1.13. The van der Waals surface area contributed by atoms with E-state index in [0.717, 1.165) is 24.8 Å². The molecule has 1 aromatic heterocycles. The SMILES string of the molecule is CN1C2CCC1CN(CC(=O)c1cccn1C)CC2. The number of carbonyl (C=O) groups excluding carboxylic acids is 1. The Morgan fingerprint density at radius 1 is 1.26 bits per heavy atom. The smallest absolute Gasteiger partial charge is 0.193 e. The second-order valence-electron chi connectivity index (χ2n) is 6.00. The van der Waals surface area contributed by atoms with Gasteiger partial charge in [0.1, 0.15) is 0 Å². The average Bonchev–Trinajstić information content (AvgIpc) is 2.88. The van der Waals surface area contributed by atoms with Crippen molar-refractivity contribution in [3.8, 4) is 0 Å². The van der Waals surface area contributed by atoms with Gasteiger partial charge in [-0.2, -0.15) is 0 Å². The molecule has 4 nitrogen and oxygen atoms in total. The Bertz CT molecular complexity index is 468. The highest BCUT2D eigenvalue weighted by molar-refractivity contribution is 5.96. The van der Waals surface area contributed by atoms with E-state index in [1.54, 1.807) is 0 Å². The predicted octanol–water partition coefficient (Wildman–Crippen LogP) is 1.38. The van der Waals surface area contributed by atoms with Gasteiger partial charge in [0.05, 0.1) is 12.2 Å². The van der Waals surface area contributed by atoms with Crippen molar-refractivity contribution in [2.24, 2.45) is 7.05 Å². The number of carbonyl (C=O) groups is 1. The van der Waals surface area contributed by atoms with Crippen molar-refractivity contribution in [1.29, 1.82) is 0 Å². The summed E-state index contributed by atoms with van der Waals surface area (Å²) in [6.45, 7) is 2.67. The van der Waals surface area contributed by atoms with E-state index in [0.29, 0.717) is 12.6 Å². The molecule has 2 unspecified atom stereocenters. The van der Waals surface area contributed by atoms with E-state index < -0.39 is 0 Å². The third kappa shape index (κ3) is 2.47. The van der Waals surface area contributed by atoms with E-state index in [9.17, 15) is 4.79 Å². The summed E-state index contributed by atoms with van der Waals surface area (Å²) in [5, 5.41) is 0. The Labute approximate surface area is 115 Å². The van der Waals surface area contributed by atoms with E-state index >= 15 is 0 Å². The topological polar surface area (TPSA) is 28.5 Å². The zero-order valence-corrected chi connectivity index (χ0v) is 11.9. The van der Waals surface area contributed by atoms with Crippen LogP contribution in [0.5, 0.6) is 0 Å². The lowest BCUT2D eigenvalue weighted by atomic mass is 10.1. The van der Waals surface area contributed by atoms with E-state index in [-0.39, 0.29) is 5.78 Å². The van der Waals surface area contributed by atoms with Crippen LogP contribution < -0.4 is 0 Å². The number of fused-ring (bicyclic) bond motifs is 2. The highest BCUT2D eigenvalue weighted by atomic mass is 16.1. The third-order valence-electron chi connectivity index (χ3n) is 4.83. The van der Waals surface area contributed by atoms with Crippen LogP contribution >= 0.6 is 0 Å². The number of nitrogens with zero attached hydrogens (tertiary/aromatic N) is 3. The maximum absolute atomic E-state index is 12.3. The Kier molecular flexibility index (Phi) is 3.46. The van der Waals surface area contributed by atoms with Crippen molar-refractivity contribution in [1.82, 2.24) is 14.4 Å². The number of rotatable bonds is 3. The van der Waals surface area contributed by atoms with E-state index in [4.69, 9.17) is 0 Å². The lowest BCUT2D eigenvalue weighted by molar-refractivity contribution is 0.0915. The molecule has 4 heteroatoms. The standard InChI is InChI=1S/C15H23N3O/c1-16-8-3-4-14(16)15(19)11-18-9-7-12-5-6-13(10-18)17(12)2/h3-4,8,12-13H,5-7,9-11H2,1-2H3. The van der Waals surface area contributed by atoms with Crippen LogP contribution in [0.15, 0.2) is 18.3 Å². The molecule has 0 aliphatic carbocycles. The predicted molar refractivity (Wildman–Crippen MR) is 75.4 cm³/mol. The monoisotopic (exact) mass is 261 g/mol. The van der Waals surface area contributed by atoms with Crippen LogP contribution in [0.4, 0.5) is 0 Å². The first kappa shape index (κ1) is 12.9. The molecule has 19 heavy (non-hydrogen) atoms. The first-order valence-electron chi connectivity index (χ1n) is 7.24. The summed E-state index contributed by atoms with van der Waals surface area (Å²) >= 11 is 0. The van der Waals surface area contributed by atoms with Gasteiger partial charge in [-0.1, -0.05) is 0 Å². The van der Waals surface area contributed by atoms with Gasteiger partial charge in [-0.05, 0) is 38.4 Å². The third-order valence-corrected chi connectivity index (χ3v) is 4.83. The molecule has 0 amide bonds. The summed E-state index contributed by atoms with van der Waals surface area (Å²) in [7, 11) is 4.18. The van der Waals surface area contributed by atoms with E-state index in [2.05, 4.69) is 16.8 Å². The van der Waals surface area contributed by atoms with E-state index in [1.807, 2.05) is 29.9 Å². The molecule has 2 saturated heterocycles. The normalized spacial score (nSPS) is 28.5. The number of aromatic nitrogens is 1. The van der Waals surface area contributed by atoms with Crippen LogP contribution in [0.1, 0.15) is 29.8 Å². The number of hydrogen-bond donors (Lipinski definition) is 0. The van der Waals surface area contributed by atoms with Gasteiger partial charge in [0.25, 0.3) is 0 Å². The fourth-order valence-corrected chi connectivity index (χ4v) is 3.56. The lowest BCUT2D eigenvalue weighted by Crippen LogP contribution is -2.39. The van der Waals surface area contributed by atoms with Crippen LogP contribution in [0.2, 0.25) is 0 Å². The molecule has 0 spiro atoms. The van der Waals surface area contributed by atoms with Gasteiger partial charge in [-0.3, -0.25) is 14.6 Å². The molecule has 0 N–H and O–H groups in total. The Morgan fingerprint density at radius 3 is 2.79 bits per heavy atom. The summed E-state index contributed by atoms with van der Waals surface area (Å²) in [4.78, 5) is 17.2. The first-order chi connectivity index (χ1) is 9.15. The van der Waals surface area contributed by atoms with E-state index in [1.165, 1.54) is 19.3 Å². The largest absolute Gasteiger partial charge is 0.348 e. The van der Waals surface area contributed by atoms with Crippen molar-refractivity contribution >= 4 is 5.78 Å². The van der Waals surface area contributed by atoms with Crippen LogP contribution in [-0.2, 0) is 7.05 Å². The zero-order chi connectivity index (χ0) is 13.4. The second kappa shape index (κ2) is 5.10. The Balaban J connectivity index is 1.65. The van der Waals surface area contributed by atoms with Gasteiger partial charge in [-0.15, -0.1) is 0 Å². The number of likely N-dealkylation sites (tertiary alicyclic amines) is 1. The zero-order valence-electron chi connectivity index (χ0n) is 11.9. The first-order valence-corrected chi connectivity index (χ1v) is 7.24. The summed E-state index contributed by atoms with van der Waals surface area (Å²) in [6, 6.07) is 5.23. The quantitative estimate of drug-likeness (QED) is 0.770. The maximum Gasteiger partial charge on any atom is 0.193 e. The van der Waals surface area contributed by atoms with Gasteiger partial charge < -0.3 is 4.57 Å². The molecule has 2 atom stereocenters. The van der Waals surface area contributed by atoms with Crippen LogP contribution in [0, 0.1) is 0 Å². The molecule has 2 aliphatic heterocycles.